The van der Waals surface area contributed by atoms with E-state index >= 15 is 0 Å². The number of nitrogens with zero attached hydrogens (tertiary/aromatic N) is 6. The highest BCUT2D eigenvalue weighted by Gasteiger charge is 2.15. The smallest absolute Gasteiger partial charge is 0.228 e. The number of hydrogen-bond donors (Lipinski definition) is 3. The van der Waals surface area contributed by atoms with E-state index in [2.05, 4.69) is 118 Å². The zero-order valence-corrected chi connectivity index (χ0v) is 36.6. The predicted molar refractivity (Wildman–Crippen MR) is 274 cm³/mol. The lowest BCUT2D eigenvalue weighted by Crippen LogP contribution is -2.03. The third-order valence-corrected chi connectivity index (χ3v) is 10.4. The predicted octanol–water partition coefficient (Wildman–Crippen LogP) is 12.6. The number of para-hydroxylation sites is 5. The maximum absolute atomic E-state index is 10.8. The molecule has 0 unspecified atom stereocenters. The third kappa shape index (κ3) is 13.0. The minimum absolute atomic E-state index is 0.0983. The van der Waals surface area contributed by atoms with Crippen LogP contribution < -0.4 is 5.32 Å². The number of amides is 1. The molecule has 0 atom stereocenters. The number of benzene rings is 7. The minimum atomic E-state index is 0.0983. The number of rotatable bonds is 0. The highest BCUT2D eigenvalue weighted by Crippen LogP contribution is 2.21. The number of fused-ring (bicyclic) bond motifs is 7. The Bertz CT molecular complexity index is 2950. The number of hydrogen-bond acceptors (Lipinski definition) is 7. The second-order valence-electron chi connectivity index (χ2n) is 15.0. The van der Waals surface area contributed by atoms with E-state index in [0.29, 0.717) is 6.42 Å². The number of pyridine rings is 2. The fourth-order valence-corrected chi connectivity index (χ4v) is 7.03. The summed E-state index contributed by atoms with van der Waals surface area (Å²) in [6.45, 7) is 0.871. The van der Waals surface area contributed by atoms with Crippen LogP contribution in [-0.2, 0) is 17.8 Å². The van der Waals surface area contributed by atoms with Crippen LogP contribution >= 0.6 is 0 Å². The molecule has 0 fully saturated rings. The molecule has 0 radical (unpaired) electrons. The topological polar surface area (TPSA) is 137 Å². The van der Waals surface area contributed by atoms with Crippen molar-refractivity contribution in [3.8, 4) is 0 Å². The van der Waals surface area contributed by atoms with Gasteiger partial charge in [0.1, 0.15) is 5.65 Å². The molecule has 0 saturated heterocycles. The van der Waals surface area contributed by atoms with Gasteiger partial charge in [-0.25, -0.2) is 4.98 Å². The first-order valence-electron chi connectivity index (χ1n) is 21.8. The van der Waals surface area contributed by atoms with E-state index in [1.165, 1.54) is 27.3 Å². The van der Waals surface area contributed by atoms with E-state index < -0.39 is 0 Å². The average molecular weight is 874 g/mol. The summed E-state index contributed by atoms with van der Waals surface area (Å²) in [7, 11) is 0. The van der Waals surface area contributed by atoms with Crippen molar-refractivity contribution in [1.82, 2.24) is 35.1 Å². The van der Waals surface area contributed by atoms with Crippen LogP contribution in [0.3, 0.4) is 0 Å². The normalized spacial score (nSPS) is 11.3. The average Bonchev–Trinajstić information content (AvgIpc) is 4.25. The van der Waals surface area contributed by atoms with Gasteiger partial charge in [-0.15, -0.1) is 0 Å². The van der Waals surface area contributed by atoms with Crippen LogP contribution in [-0.4, -0.2) is 47.2 Å². The summed E-state index contributed by atoms with van der Waals surface area (Å²) in [5.41, 5.74) is 9.70. The molecule has 0 bridgehead atoms. The monoisotopic (exact) mass is 873 g/mol. The maximum atomic E-state index is 10.8. The van der Waals surface area contributed by atoms with Crippen LogP contribution in [0.25, 0.3) is 54.6 Å². The molecular weight excluding hydrogens is 827 g/mol. The summed E-state index contributed by atoms with van der Waals surface area (Å²) in [5, 5.41) is 15.7. The van der Waals surface area contributed by atoms with Crippen LogP contribution in [0, 0.1) is 0 Å². The molecule has 3 N–H and O–H groups in total. The van der Waals surface area contributed by atoms with Gasteiger partial charge in [0.15, 0.2) is 0 Å². The minimum Gasteiger partial charge on any atom is -0.346 e. The van der Waals surface area contributed by atoms with Crippen LogP contribution in [0.5, 0.6) is 0 Å². The van der Waals surface area contributed by atoms with E-state index in [-0.39, 0.29) is 5.91 Å². The van der Waals surface area contributed by atoms with E-state index in [1.54, 1.807) is 18.6 Å². The number of anilines is 1. The second-order valence-corrected chi connectivity index (χ2v) is 15.0. The molecule has 0 spiro atoms. The molecule has 2 aliphatic heterocycles. The molecule has 0 aliphatic carbocycles. The van der Waals surface area contributed by atoms with Crippen LogP contribution in [0.2, 0.25) is 0 Å². The Morgan fingerprint density at radius 2 is 0.970 bits per heavy atom. The van der Waals surface area contributed by atoms with Crippen molar-refractivity contribution in [2.45, 2.75) is 13.0 Å². The largest absolute Gasteiger partial charge is 0.346 e. The van der Waals surface area contributed by atoms with Crippen molar-refractivity contribution in [2.75, 3.05) is 5.32 Å². The molecule has 7 heterocycles. The van der Waals surface area contributed by atoms with Gasteiger partial charge in [-0.1, -0.05) is 146 Å². The molecule has 326 valence electrons. The molecule has 7 aromatic carbocycles. The maximum Gasteiger partial charge on any atom is 0.228 e. The molecule has 67 heavy (non-hydrogen) atoms. The Hall–Kier alpha value is -9.15. The van der Waals surface area contributed by atoms with Gasteiger partial charge in [-0.2, -0.15) is 5.10 Å². The molecule has 5 aromatic heterocycles. The Kier molecular flexibility index (Phi) is 15.6. The molecule has 10 nitrogen and oxygen atoms in total. The summed E-state index contributed by atoms with van der Waals surface area (Å²) in [5.74, 6) is 0.0983. The van der Waals surface area contributed by atoms with Crippen molar-refractivity contribution in [1.29, 1.82) is 0 Å². The molecule has 12 aromatic rings. The number of H-pyrrole nitrogens is 2. The summed E-state index contributed by atoms with van der Waals surface area (Å²) in [6.07, 6.45) is 13.1. The number of carbonyl (C=O) groups is 1. The van der Waals surface area contributed by atoms with Gasteiger partial charge in [-0.3, -0.25) is 29.8 Å². The number of nitrogens with one attached hydrogen (secondary N) is 3. The molecule has 0 saturated carbocycles. The van der Waals surface area contributed by atoms with Gasteiger partial charge in [0, 0.05) is 59.0 Å². The van der Waals surface area contributed by atoms with Crippen LogP contribution in [0.4, 0.5) is 5.69 Å². The lowest BCUT2D eigenvalue weighted by Gasteiger charge is -1.93. The highest BCUT2D eigenvalue weighted by atomic mass is 16.1. The summed E-state index contributed by atoms with van der Waals surface area (Å²) < 4.78 is 0. The third-order valence-electron chi connectivity index (χ3n) is 10.4. The lowest BCUT2D eigenvalue weighted by atomic mass is 10.1. The van der Waals surface area contributed by atoms with E-state index in [4.69, 9.17) is 0 Å². The Morgan fingerprint density at radius 1 is 0.433 bits per heavy atom. The first-order chi connectivity index (χ1) is 33.2. The number of aliphatic imine (C=N–C) groups is 1. The lowest BCUT2D eigenvalue weighted by molar-refractivity contribution is -0.115. The number of aromatic amines is 2. The Labute approximate surface area is 388 Å². The van der Waals surface area contributed by atoms with E-state index in [0.717, 1.165) is 56.3 Å². The van der Waals surface area contributed by atoms with Crippen molar-refractivity contribution in [3.63, 3.8) is 0 Å². The number of aromatic nitrogens is 7. The summed E-state index contributed by atoms with van der Waals surface area (Å²) >= 11 is 0. The Balaban J connectivity index is 0.000000106. The van der Waals surface area contributed by atoms with Gasteiger partial charge < -0.3 is 10.3 Å². The van der Waals surface area contributed by atoms with Crippen molar-refractivity contribution < 1.29 is 4.79 Å². The zero-order chi connectivity index (χ0) is 45.7. The van der Waals surface area contributed by atoms with Gasteiger partial charge in [0.25, 0.3) is 0 Å². The molecular formula is C57H47N9O. The van der Waals surface area contributed by atoms with E-state index in [1.807, 2.05) is 152 Å². The van der Waals surface area contributed by atoms with Crippen molar-refractivity contribution in [3.05, 3.63) is 254 Å². The molecule has 1 amide bonds. The van der Waals surface area contributed by atoms with E-state index in [9.17, 15) is 4.79 Å². The fourth-order valence-electron chi connectivity index (χ4n) is 7.03. The van der Waals surface area contributed by atoms with Crippen LogP contribution in [0.1, 0.15) is 16.7 Å². The highest BCUT2D eigenvalue weighted by molar-refractivity contribution is 5.99. The number of carbonyl (C=O) groups excluding carboxylic acids is 1. The fraction of sp³-hybridized carbons (Fsp3) is 0.0351. The van der Waals surface area contributed by atoms with Gasteiger partial charge in [-0.05, 0) is 82.1 Å². The zero-order valence-electron chi connectivity index (χ0n) is 36.6. The second kappa shape index (κ2) is 23.5. The first-order valence-corrected chi connectivity index (χ1v) is 21.8. The van der Waals surface area contributed by atoms with Crippen molar-refractivity contribution >= 4 is 72.5 Å². The van der Waals surface area contributed by atoms with Crippen molar-refractivity contribution in [2.24, 2.45) is 4.99 Å². The van der Waals surface area contributed by atoms with Crippen LogP contribution in [0.15, 0.2) is 242 Å². The Morgan fingerprint density at radius 3 is 1.63 bits per heavy atom. The van der Waals surface area contributed by atoms with Gasteiger partial charge >= 0.3 is 0 Å². The molecule has 2 aliphatic rings. The summed E-state index contributed by atoms with van der Waals surface area (Å²) in [4.78, 5) is 34.4. The standard InChI is InChI=1S/C10H8.C9H7N.C8H6N2.C8H7NO.C8H7N.2C7H6N2/c1-2-6-10-8-4-3-7-9(10)5-1;1-2-6-9-8(4-1)5-3-7-10-9;1-2-4-8-7(3-1)9-5-6-10-8;10-8-5-6-3-1-2-4-7(6)9-8;1-2-4-8-6-9-5-7(8)3-1;1-2-6-3-5-9-7(6)8-4-1;1-2-4-7-6(3-1)5-8-9-7/h1-8H;1-7H;1-6H;1-4H,5H2,(H,9,10);1-5H,6H2;2*1-5H,(H,8,9). The SMILES string of the molecule is C1=NCc2ccccc21.O=C1Cc2ccccc2N1.c1ccc2[nH]ncc2c1.c1ccc2ccccc2c1.c1ccc2ncccc2c1.c1ccc2nccnc2c1.c1cnc2[nH]ccc2c1. The summed E-state index contributed by atoms with van der Waals surface area (Å²) in [6, 6.07) is 66.6. The van der Waals surface area contributed by atoms with Gasteiger partial charge in [0.05, 0.1) is 41.2 Å². The molecule has 10 heteroatoms. The molecule has 14 rings (SSSR count). The first kappa shape index (κ1) is 44.5. The quantitative estimate of drug-likeness (QED) is 0.139. The van der Waals surface area contributed by atoms with Gasteiger partial charge in [0.2, 0.25) is 5.91 Å².